The van der Waals surface area contributed by atoms with Gasteiger partial charge in [-0.25, -0.2) is 9.97 Å². The van der Waals surface area contributed by atoms with Crippen molar-refractivity contribution in [2.75, 3.05) is 6.54 Å². The van der Waals surface area contributed by atoms with Gasteiger partial charge < -0.3 is 14.7 Å². The summed E-state index contributed by atoms with van der Waals surface area (Å²) in [6.07, 6.45) is 7.88. The lowest BCUT2D eigenvalue weighted by Gasteiger charge is -2.23. The van der Waals surface area contributed by atoms with E-state index in [1.54, 1.807) is 18.5 Å². The summed E-state index contributed by atoms with van der Waals surface area (Å²) in [5, 5.41) is 6.60. The fraction of sp³-hybridized carbons (Fsp3) is 0.529. The van der Waals surface area contributed by atoms with Crippen molar-refractivity contribution >= 4 is 11.8 Å². The van der Waals surface area contributed by atoms with Crippen LogP contribution in [0.15, 0.2) is 23.0 Å². The molecule has 1 saturated heterocycles. The molecule has 0 radical (unpaired) electrons. The summed E-state index contributed by atoms with van der Waals surface area (Å²) in [5.41, 5.74) is 0. The number of carbonyl (C=O) groups excluding carboxylic acids is 2. The Balaban J connectivity index is 1.32. The monoisotopic (exact) mass is 356 g/mol. The van der Waals surface area contributed by atoms with Crippen LogP contribution in [-0.2, 0) is 16.1 Å². The molecule has 136 valence electrons. The summed E-state index contributed by atoms with van der Waals surface area (Å²) in [7, 11) is 0. The predicted molar refractivity (Wildman–Crippen MR) is 89.2 cm³/mol. The number of rotatable bonds is 5. The largest absolute Gasteiger partial charge is 0.347 e. The van der Waals surface area contributed by atoms with E-state index in [1.807, 2.05) is 4.90 Å². The Hall–Kier alpha value is -2.84. The number of likely N-dealkylation sites (tertiary alicyclic amines) is 1. The van der Waals surface area contributed by atoms with Gasteiger partial charge in [-0.05, 0) is 18.9 Å². The average Bonchev–Trinajstić information content (AvgIpc) is 3.41. The van der Waals surface area contributed by atoms with E-state index in [2.05, 4.69) is 25.4 Å². The first-order valence-electron chi connectivity index (χ1n) is 8.88. The average molecular weight is 356 g/mol. The zero-order valence-corrected chi connectivity index (χ0v) is 14.3. The van der Waals surface area contributed by atoms with E-state index < -0.39 is 0 Å². The van der Waals surface area contributed by atoms with Crippen molar-refractivity contribution < 1.29 is 14.1 Å². The van der Waals surface area contributed by atoms with Gasteiger partial charge >= 0.3 is 0 Å². The summed E-state index contributed by atoms with van der Waals surface area (Å²) in [6.45, 7) is 0.620. The minimum Gasteiger partial charge on any atom is -0.347 e. The molecule has 0 aromatic carbocycles. The summed E-state index contributed by atoms with van der Waals surface area (Å²) < 4.78 is 5.12. The van der Waals surface area contributed by atoms with E-state index in [0.717, 1.165) is 25.7 Å². The molecule has 1 aliphatic heterocycles. The molecule has 1 aliphatic carbocycles. The van der Waals surface area contributed by atoms with Crippen molar-refractivity contribution in [3.05, 3.63) is 24.4 Å². The minimum absolute atomic E-state index is 0.0818. The maximum absolute atomic E-state index is 12.4. The molecule has 1 N–H and O–H groups in total. The molecule has 1 saturated carbocycles. The summed E-state index contributed by atoms with van der Waals surface area (Å²) >= 11 is 0. The molecule has 1 atom stereocenters. The third-order valence-corrected chi connectivity index (χ3v) is 4.94. The van der Waals surface area contributed by atoms with Gasteiger partial charge in [0.05, 0.1) is 12.5 Å². The Morgan fingerprint density at radius 1 is 1.23 bits per heavy atom. The normalized spacial score (nSPS) is 20.7. The van der Waals surface area contributed by atoms with Crippen LogP contribution in [0.2, 0.25) is 0 Å². The molecule has 4 rings (SSSR count). The summed E-state index contributed by atoms with van der Waals surface area (Å²) in [4.78, 5) is 38.8. The third-order valence-electron chi connectivity index (χ3n) is 4.94. The Bertz CT molecular complexity index is 787. The molecule has 2 aromatic heterocycles. The number of amides is 2. The fourth-order valence-electron chi connectivity index (χ4n) is 3.62. The van der Waals surface area contributed by atoms with E-state index in [1.165, 1.54) is 0 Å². The minimum atomic E-state index is -0.317. The number of aromatic nitrogens is 4. The fourth-order valence-corrected chi connectivity index (χ4v) is 3.62. The van der Waals surface area contributed by atoms with Crippen molar-refractivity contribution in [3.8, 4) is 11.6 Å². The molecule has 3 heterocycles. The lowest BCUT2D eigenvalue weighted by atomic mass is 10.1. The smallest absolute Gasteiger partial charge is 0.246 e. The molecule has 2 amide bonds. The van der Waals surface area contributed by atoms with Crippen LogP contribution in [0, 0.1) is 5.92 Å². The van der Waals surface area contributed by atoms with Crippen LogP contribution in [0.1, 0.15) is 38.0 Å². The molecular weight excluding hydrogens is 336 g/mol. The van der Waals surface area contributed by atoms with Gasteiger partial charge in [0.25, 0.3) is 0 Å². The third kappa shape index (κ3) is 3.42. The van der Waals surface area contributed by atoms with Crippen LogP contribution in [0.4, 0.5) is 0 Å². The highest BCUT2D eigenvalue weighted by molar-refractivity contribution is 5.89. The highest BCUT2D eigenvalue weighted by Crippen LogP contribution is 2.29. The Kier molecular flexibility index (Phi) is 4.59. The SMILES string of the molecule is O=C(NCc1nc(-c2ncccn2)no1)[C@@H]1CC(=O)N(C2CCCC2)C1. The van der Waals surface area contributed by atoms with Crippen molar-refractivity contribution in [2.24, 2.45) is 5.92 Å². The van der Waals surface area contributed by atoms with Crippen LogP contribution in [0.5, 0.6) is 0 Å². The van der Waals surface area contributed by atoms with Gasteiger partial charge in [0.15, 0.2) is 0 Å². The maximum atomic E-state index is 12.4. The lowest BCUT2D eigenvalue weighted by molar-refractivity contribution is -0.130. The number of carbonyl (C=O) groups is 2. The highest BCUT2D eigenvalue weighted by atomic mass is 16.5. The molecule has 0 bridgehead atoms. The zero-order chi connectivity index (χ0) is 17.9. The van der Waals surface area contributed by atoms with Gasteiger partial charge in [-0.1, -0.05) is 18.0 Å². The van der Waals surface area contributed by atoms with E-state index in [4.69, 9.17) is 4.52 Å². The van der Waals surface area contributed by atoms with Gasteiger partial charge in [-0.3, -0.25) is 9.59 Å². The number of nitrogens with zero attached hydrogens (tertiary/aromatic N) is 5. The molecule has 2 aromatic rings. The summed E-state index contributed by atoms with van der Waals surface area (Å²) in [6, 6.07) is 2.01. The second-order valence-electron chi connectivity index (χ2n) is 6.69. The molecule has 0 spiro atoms. The second kappa shape index (κ2) is 7.19. The van der Waals surface area contributed by atoms with Gasteiger partial charge in [0.1, 0.15) is 0 Å². The van der Waals surface area contributed by atoms with Crippen molar-refractivity contribution in [1.82, 2.24) is 30.3 Å². The highest BCUT2D eigenvalue weighted by Gasteiger charge is 2.38. The molecule has 2 fully saturated rings. The van der Waals surface area contributed by atoms with Crippen LogP contribution in [0.25, 0.3) is 11.6 Å². The molecule has 9 nitrogen and oxygen atoms in total. The van der Waals surface area contributed by atoms with Crippen molar-refractivity contribution in [3.63, 3.8) is 0 Å². The summed E-state index contributed by atoms with van der Waals surface area (Å²) in [5.74, 6) is 0.523. The van der Waals surface area contributed by atoms with Crippen LogP contribution in [0.3, 0.4) is 0 Å². The Morgan fingerprint density at radius 3 is 2.77 bits per heavy atom. The van der Waals surface area contributed by atoms with E-state index in [-0.39, 0.29) is 42.4 Å². The Morgan fingerprint density at radius 2 is 2.00 bits per heavy atom. The standard InChI is InChI=1S/C17H20N6O3/c24-14-8-11(10-23(14)12-4-1-2-5-12)17(25)20-9-13-21-16(22-26-13)15-18-6-3-7-19-15/h3,6-7,11-12H,1-2,4-5,8-10H2,(H,20,25)/t11-/m1/s1. The van der Waals surface area contributed by atoms with Crippen molar-refractivity contribution in [1.29, 1.82) is 0 Å². The maximum Gasteiger partial charge on any atom is 0.246 e. The molecule has 26 heavy (non-hydrogen) atoms. The first-order chi connectivity index (χ1) is 12.7. The topological polar surface area (TPSA) is 114 Å². The van der Waals surface area contributed by atoms with Crippen molar-refractivity contribution in [2.45, 2.75) is 44.7 Å². The van der Waals surface area contributed by atoms with Gasteiger partial charge in [-0.2, -0.15) is 4.98 Å². The predicted octanol–water partition coefficient (Wildman–Crippen LogP) is 0.934. The first kappa shape index (κ1) is 16.6. The second-order valence-corrected chi connectivity index (χ2v) is 6.69. The number of hydrogen-bond donors (Lipinski definition) is 1. The van der Waals surface area contributed by atoms with E-state index >= 15 is 0 Å². The van der Waals surface area contributed by atoms with E-state index in [9.17, 15) is 9.59 Å². The molecule has 9 heteroatoms. The van der Waals surface area contributed by atoms with E-state index in [0.29, 0.717) is 18.4 Å². The lowest BCUT2D eigenvalue weighted by Crippen LogP contribution is -2.36. The van der Waals surface area contributed by atoms with Crippen LogP contribution in [-0.4, -0.2) is 49.4 Å². The molecular formula is C17H20N6O3. The van der Waals surface area contributed by atoms with Crippen LogP contribution >= 0.6 is 0 Å². The number of nitrogens with one attached hydrogen (secondary N) is 1. The molecule has 0 unspecified atom stereocenters. The van der Waals surface area contributed by atoms with Gasteiger partial charge in [0.2, 0.25) is 29.4 Å². The Labute approximate surface area is 150 Å². The zero-order valence-electron chi connectivity index (χ0n) is 14.3. The number of hydrogen-bond acceptors (Lipinski definition) is 7. The quantitative estimate of drug-likeness (QED) is 0.847. The van der Waals surface area contributed by atoms with Gasteiger partial charge in [0, 0.05) is 31.4 Å². The first-order valence-corrected chi connectivity index (χ1v) is 8.88. The van der Waals surface area contributed by atoms with Gasteiger partial charge in [-0.15, -0.1) is 0 Å². The van der Waals surface area contributed by atoms with Crippen LogP contribution < -0.4 is 5.32 Å². The molecule has 2 aliphatic rings.